The topological polar surface area (TPSA) is 52.7 Å². The van der Waals surface area contributed by atoms with E-state index in [1.54, 1.807) is 18.2 Å². The Hall–Kier alpha value is -3.83. The van der Waals surface area contributed by atoms with E-state index in [2.05, 4.69) is 10.2 Å². The van der Waals surface area contributed by atoms with Crippen LogP contribution in [0.2, 0.25) is 5.02 Å². The van der Waals surface area contributed by atoms with Gasteiger partial charge in [0.15, 0.2) is 0 Å². The minimum absolute atomic E-state index is 0.000755. The zero-order valence-electron chi connectivity index (χ0n) is 18.7. The highest BCUT2D eigenvalue weighted by Crippen LogP contribution is 2.30. The van der Waals surface area contributed by atoms with E-state index < -0.39 is 0 Å². The van der Waals surface area contributed by atoms with E-state index in [1.165, 1.54) is 6.08 Å². The lowest BCUT2D eigenvalue weighted by Gasteiger charge is -2.36. The summed E-state index contributed by atoms with van der Waals surface area (Å²) in [5, 5.41) is 3.49. The van der Waals surface area contributed by atoms with Gasteiger partial charge in [-0.2, -0.15) is 0 Å². The third kappa shape index (κ3) is 6.36. The predicted molar refractivity (Wildman–Crippen MR) is 140 cm³/mol. The Labute approximate surface area is 205 Å². The Bertz CT molecular complexity index is 1180. The summed E-state index contributed by atoms with van der Waals surface area (Å²) in [6.45, 7) is 2.52. The first-order valence-electron chi connectivity index (χ1n) is 11.2. The molecule has 5 nitrogen and oxygen atoms in total. The second kappa shape index (κ2) is 11.3. The summed E-state index contributed by atoms with van der Waals surface area (Å²) in [6, 6.07) is 24.9. The molecule has 0 unspecified atom stereocenters. The van der Waals surface area contributed by atoms with Gasteiger partial charge in [0.05, 0.1) is 11.4 Å². The van der Waals surface area contributed by atoms with Crippen molar-refractivity contribution in [2.45, 2.75) is 0 Å². The highest BCUT2D eigenvalue weighted by molar-refractivity contribution is 6.31. The number of nitrogens with one attached hydrogen (secondary N) is 1. The number of hydrogen-bond donors (Lipinski definition) is 1. The van der Waals surface area contributed by atoms with Gasteiger partial charge in [0.2, 0.25) is 11.8 Å². The Morgan fingerprint density at radius 3 is 1.97 bits per heavy atom. The number of halogens is 1. The molecule has 1 N–H and O–H groups in total. The van der Waals surface area contributed by atoms with Crippen LogP contribution in [0.1, 0.15) is 11.1 Å². The van der Waals surface area contributed by atoms with Crippen molar-refractivity contribution in [1.82, 2.24) is 4.90 Å². The normalized spacial score (nSPS) is 14.0. The van der Waals surface area contributed by atoms with Crippen LogP contribution in [-0.2, 0) is 9.59 Å². The number of carbonyl (C=O) groups excluding carboxylic acids is 2. The van der Waals surface area contributed by atoms with Crippen LogP contribution in [0.3, 0.4) is 0 Å². The van der Waals surface area contributed by atoms with Gasteiger partial charge in [-0.15, -0.1) is 0 Å². The van der Waals surface area contributed by atoms with Crippen molar-refractivity contribution in [3.8, 4) is 0 Å². The molecule has 1 aliphatic heterocycles. The molecule has 0 spiro atoms. The lowest BCUT2D eigenvalue weighted by molar-refractivity contribution is -0.126. The van der Waals surface area contributed by atoms with Crippen LogP contribution in [0.5, 0.6) is 0 Å². The molecule has 2 amide bonds. The van der Waals surface area contributed by atoms with Gasteiger partial charge in [-0.05, 0) is 41.5 Å². The fourth-order valence-corrected chi connectivity index (χ4v) is 3.97. The number of piperazine rings is 1. The van der Waals surface area contributed by atoms with Gasteiger partial charge in [0.25, 0.3) is 0 Å². The lowest BCUT2D eigenvalue weighted by atomic mass is 10.2. The first-order chi connectivity index (χ1) is 16.6. The summed E-state index contributed by atoms with van der Waals surface area (Å²) in [6.07, 6.45) is 6.74. The van der Waals surface area contributed by atoms with Crippen LogP contribution in [0.15, 0.2) is 91.0 Å². The second-order valence-corrected chi connectivity index (χ2v) is 8.39. The summed E-state index contributed by atoms with van der Waals surface area (Å²) in [4.78, 5) is 29.1. The molecule has 172 valence electrons. The van der Waals surface area contributed by atoms with Gasteiger partial charge in [0, 0.05) is 43.4 Å². The molecule has 1 saturated heterocycles. The maximum absolute atomic E-state index is 12.6. The summed E-state index contributed by atoms with van der Waals surface area (Å²) < 4.78 is 0. The van der Waals surface area contributed by atoms with Gasteiger partial charge in [0.1, 0.15) is 0 Å². The second-order valence-electron chi connectivity index (χ2n) is 7.95. The maximum Gasteiger partial charge on any atom is 0.248 e. The number of hydrogen-bond acceptors (Lipinski definition) is 3. The van der Waals surface area contributed by atoms with E-state index in [0.717, 1.165) is 16.8 Å². The molecule has 1 aliphatic rings. The number of benzene rings is 3. The summed E-state index contributed by atoms with van der Waals surface area (Å²) in [5.41, 5.74) is 3.49. The monoisotopic (exact) mass is 471 g/mol. The fourth-order valence-electron chi connectivity index (χ4n) is 3.80. The van der Waals surface area contributed by atoms with Crippen LogP contribution in [-0.4, -0.2) is 42.9 Å². The van der Waals surface area contributed by atoms with Crippen molar-refractivity contribution in [2.75, 3.05) is 36.4 Å². The molecule has 6 heteroatoms. The molecule has 1 heterocycles. The third-order valence-electron chi connectivity index (χ3n) is 5.59. The highest BCUT2D eigenvalue weighted by atomic mass is 35.5. The van der Waals surface area contributed by atoms with E-state index in [-0.39, 0.29) is 11.8 Å². The number of carbonyl (C=O) groups is 2. The van der Waals surface area contributed by atoms with Gasteiger partial charge in [-0.1, -0.05) is 72.3 Å². The number of rotatable bonds is 6. The van der Waals surface area contributed by atoms with E-state index in [1.807, 2.05) is 83.8 Å². The van der Waals surface area contributed by atoms with E-state index in [4.69, 9.17) is 11.6 Å². The van der Waals surface area contributed by atoms with Crippen LogP contribution >= 0.6 is 11.6 Å². The largest absolute Gasteiger partial charge is 0.366 e. The van der Waals surface area contributed by atoms with Crippen molar-refractivity contribution in [3.63, 3.8) is 0 Å². The van der Waals surface area contributed by atoms with Crippen LogP contribution in [0.25, 0.3) is 12.2 Å². The molecule has 0 bridgehead atoms. The molecule has 0 radical (unpaired) electrons. The van der Waals surface area contributed by atoms with Gasteiger partial charge < -0.3 is 15.1 Å². The average molecular weight is 472 g/mol. The Morgan fingerprint density at radius 2 is 1.35 bits per heavy atom. The minimum Gasteiger partial charge on any atom is -0.366 e. The van der Waals surface area contributed by atoms with Gasteiger partial charge in [-0.25, -0.2) is 0 Å². The Kier molecular flexibility index (Phi) is 7.79. The average Bonchev–Trinajstić information content (AvgIpc) is 2.87. The Balaban J connectivity index is 1.38. The molecule has 3 aromatic carbocycles. The molecular formula is C28H26ClN3O2. The minimum atomic E-state index is -0.229. The summed E-state index contributed by atoms with van der Waals surface area (Å²) in [5.74, 6) is -0.230. The van der Waals surface area contributed by atoms with Gasteiger partial charge >= 0.3 is 0 Å². The standard InChI is InChI=1S/C28H26ClN3O2/c29-24-13-14-26(25(21-24)30-27(33)15-11-22-7-3-1-4-8-22)31-17-19-32(20-18-31)28(34)16-12-23-9-5-2-6-10-23/h1-16,21H,17-20H2,(H,30,33)/b15-11+,16-12+. The van der Waals surface area contributed by atoms with Crippen molar-refractivity contribution in [2.24, 2.45) is 0 Å². The zero-order chi connectivity index (χ0) is 23.8. The van der Waals surface area contributed by atoms with Crippen LogP contribution < -0.4 is 10.2 Å². The van der Waals surface area contributed by atoms with E-state index >= 15 is 0 Å². The molecule has 3 aromatic rings. The molecule has 0 aromatic heterocycles. The SMILES string of the molecule is O=C(/C=C/c1ccccc1)Nc1cc(Cl)ccc1N1CCN(C(=O)/C=C/c2ccccc2)CC1. The molecule has 1 fully saturated rings. The van der Waals surface area contributed by atoms with Crippen molar-refractivity contribution < 1.29 is 9.59 Å². The quantitative estimate of drug-likeness (QED) is 0.493. The number of amides is 2. The zero-order valence-corrected chi connectivity index (χ0v) is 19.5. The van der Waals surface area contributed by atoms with E-state index in [0.29, 0.717) is 36.9 Å². The summed E-state index contributed by atoms with van der Waals surface area (Å²) in [7, 11) is 0. The van der Waals surface area contributed by atoms with Crippen molar-refractivity contribution in [1.29, 1.82) is 0 Å². The maximum atomic E-state index is 12.6. The number of nitrogens with zero attached hydrogens (tertiary/aromatic N) is 2. The first kappa shape index (κ1) is 23.3. The molecule has 4 rings (SSSR count). The smallest absolute Gasteiger partial charge is 0.248 e. The lowest BCUT2D eigenvalue weighted by Crippen LogP contribution is -2.48. The fraction of sp³-hybridized carbons (Fsp3) is 0.143. The number of anilines is 2. The van der Waals surface area contributed by atoms with Crippen LogP contribution in [0.4, 0.5) is 11.4 Å². The van der Waals surface area contributed by atoms with Crippen molar-refractivity contribution >= 4 is 46.9 Å². The van der Waals surface area contributed by atoms with Crippen molar-refractivity contribution in [3.05, 3.63) is 107 Å². The molecule has 0 aliphatic carbocycles. The molecule has 0 saturated carbocycles. The molecule has 34 heavy (non-hydrogen) atoms. The summed E-state index contributed by atoms with van der Waals surface area (Å²) >= 11 is 6.21. The van der Waals surface area contributed by atoms with E-state index in [9.17, 15) is 9.59 Å². The van der Waals surface area contributed by atoms with Gasteiger partial charge in [-0.3, -0.25) is 9.59 Å². The molecular weight excluding hydrogens is 446 g/mol. The Morgan fingerprint density at radius 1 is 0.765 bits per heavy atom. The molecule has 0 atom stereocenters. The highest BCUT2D eigenvalue weighted by Gasteiger charge is 2.22. The van der Waals surface area contributed by atoms with Crippen LogP contribution in [0, 0.1) is 0 Å². The third-order valence-corrected chi connectivity index (χ3v) is 5.83. The first-order valence-corrected chi connectivity index (χ1v) is 11.6. The predicted octanol–water partition coefficient (Wildman–Crippen LogP) is 5.35.